The van der Waals surface area contributed by atoms with Crippen molar-refractivity contribution in [1.82, 2.24) is 10.2 Å². The van der Waals surface area contributed by atoms with E-state index in [-0.39, 0.29) is 18.2 Å². The Balaban J connectivity index is 1.17. The number of amides is 2. The van der Waals surface area contributed by atoms with Crippen molar-refractivity contribution in [2.75, 3.05) is 62.8 Å². The summed E-state index contributed by atoms with van der Waals surface area (Å²) in [5, 5.41) is 3.30. The lowest BCUT2D eigenvalue weighted by atomic mass is 10.2. The van der Waals surface area contributed by atoms with Gasteiger partial charge in [0, 0.05) is 31.9 Å². The number of anilines is 2. The molecule has 1 N–H and O–H groups in total. The Bertz CT molecular complexity index is 972. The van der Waals surface area contributed by atoms with Gasteiger partial charge < -0.3 is 19.7 Å². The van der Waals surface area contributed by atoms with E-state index in [1.54, 1.807) is 31.4 Å². The highest BCUT2D eigenvalue weighted by Gasteiger charge is 2.39. The summed E-state index contributed by atoms with van der Waals surface area (Å²) in [6.45, 7) is 8.38. The number of carbonyl (C=O) groups is 2. The predicted octanol–water partition coefficient (Wildman–Crippen LogP) is 2.92. The molecule has 8 nitrogen and oxygen atoms in total. The summed E-state index contributed by atoms with van der Waals surface area (Å²) < 4.78 is 10.8. The van der Waals surface area contributed by atoms with Crippen LogP contribution < -0.4 is 24.6 Å². The van der Waals surface area contributed by atoms with Crippen LogP contribution in [0.2, 0.25) is 0 Å². The van der Waals surface area contributed by atoms with Gasteiger partial charge in [0.05, 0.1) is 31.9 Å². The minimum atomic E-state index is -0.453. The zero-order chi connectivity index (χ0) is 24.6. The maximum atomic E-state index is 12.9. The van der Waals surface area contributed by atoms with Gasteiger partial charge in [-0.25, -0.2) is 4.90 Å². The lowest BCUT2D eigenvalue weighted by Gasteiger charge is -2.36. The van der Waals surface area contributed by atoms with Gasteiger partial charge in [-0.3, -0.25) is 14.5 Å². The highest BCUT2D eigenvalue weighted by atomic mass is 16.5. The molecule has 2 aliphatic heterocycles. The molecule has 2 fully saturated rings. The topological polar surface area (TPSA) is 74.3 Å². The average molecular weight is 481 g/mol. The molecule has 0 spiro atoms. The number of hydrogen-bond acceptors (Lipinski definition) is 7. The number of ether oxygens (including phenoxy) is 2. The number of rotatable bonds is 11. The van der Waals surface area contributed by atoms with E-state index in [2.05, 4.69) is 27.2 Å². The first kappa shape index (κ1) is 25.0. The Morgan fingerprint density at radius 3 is 2.23 bits per heavy atom. The molecule has 8 heteroatoms. The summed E-state index contributed by atoms with van der Waals surface area (Å²) in [6, 6.07) is 14.9. The van der Waals surface area contributed by atoms with E-state index in [1.165, 1.54) is 10.6 Å². The van der Waals surface area contributed by atoms with E-state index < -0.39 is 6.04 Å². The molecule has 0 aromatic heterocycles. The fraction of sp³-hybridized carbons (Fsp3) is 0.481. The first-order chi connectivity index (χ1) is 17.1. The van der Waals surface area contributed by atoms with Gasteiger partial charge in [-0.1, -0.05) is 6.92 Å². The fourth-order valence-corrected chi connectivity index (χ4v) is 4.58. The molecule has 0 aliphatic carbocycles. The van der Waals surface area contributed by atoms with Crippen molar-refractivity contribution >= 4 is 23.2 Å². The Kier molecular flexibility index (Phi) is 8.60. The third-order valence-corrected chi connectivity index (χ3v) is 6.57. The molecule has 2 aromatic carbocycles. The van der Waals surface area contributed by atoms with Gasteiger partial charge >= 0.3 is 0 Å². The molecule has 1 atom stereocenters. The standard InChI is InChI=1S/C27H36N4O4/c1-3-19-35-24-11-7-22(8-12-24)31-26(32)20-25(27(31)33)28-13-4-14-29-15-17-30(18-16-29)21-5-9-23(34-2)10-6-21/h5-12,25,28H,3-4,13-20H2,1-2H3/t25-/m0/s1. The molecule has 0 bridgehead atoms. The van der Waals surface area contributed by atoms with Crippen LogP contribution in [0.15, 0.2) is 48.5 Å². The molecule has 4 rings (SSSR count). The van der Waals surface area contributed by atoms with Crippen molar-refractivity contribution in [1.29, 1.82) is 0 Å². The van der Waals surface area contributed by atoms with Crippen molar-refractivity contribution in [3.05, 3.63) is 48.5 Å². The van der Waals surface area contributed by atoms with E-state index in [4.69, 9.17) is 9.47 Å². The monoisotopic (exact) mass is 480 g/mol. The Morgan fingerprint density at radius 2 is 1.57 bits per heavy atom. The van der Waals surface area contributed by atoms with Crippen molar-refractivity contribution in [2.24, 2.45) is 0 Å². The zero-order valence-corrected chi connectivity index (χ0v) is 20.7. The molecular formula is C27H36N4O4. The van der Waals surface area contributed by atoms with Gasteiger partial charge in [-0.05, 0) is 74.5 Å². The fourth-order valence-electron chi connectivity index (χ4n) is 4.58. The van der Waals surface area contributed by atoms with Gasteiger partial charge in [0.1, 0.15) is 11.5 Å². The van der Waals surface area contributed by atoms with Crippen LogP contribution in [0.25, 0.3) is 0 Å². The lowest BCUT2D eigenvalue weighted by molar-refractivity contribution is -0.121. The Labute approximate surface area is 207 Å². The summed E-state index contributed by atoms with van der Waals surface area (Å²) in [4.78, 5) is 31.5. The van der Waals surface area contributed by atoms with Crippen LogP contribution >= 0.6 is 0 Å². The number of hydrogen-bond donors (Lipinski definition) is 1. The van der Waals surface area contributed by atoms with Crippen LogP contribution in [0, 0.1) is 0 Å². The molecule has 0 unspecified atom stereocenters. The number of imide groups is 1. The molecule has 0 radical (unpaired) electrons. The first-order valence-corrected chi connectivity index (χ1v) is 12.5. The van der Waals surface area contributed by atoms with Gasteiger partial charge in [0.15, 0.2) is 0 Å². The van der Waals surface area contributed by atoms with Gasteiger partial charge in [-0.2, -0.15) is 0 Å². The van der Waals surface area contributed by atoms with Crippen molar-refractivity contribution in [3.63, 3.8) is 0 Å². The molecule has 188 valence electrons. The second-order valence-corrected chi connectivity index (χ2v) is 9.00. The summed E-state index contributed by atoms with van der Waals surface area (Å²) >= 11 is 0. The maximum Gasteiger partial charge on any atom is 0.251 e. The molecule has 2 amide bonds. The van der Waals surface area contributed by atoms with E-state index in [0.29, 0.717) is 18.8 Å². The molecule has 2 aliphatic rings. The van der Waals surface area contributed by atoms with Gasteiger partial charge in [0.25, 0.3) is 5.91 Å². The molecule has 0 saturated carbocycles. The Hall–Kier alpha value is -3.10. The van der Waals surface area contributed by atoms with Crippen LogP contribution in [-0.4, -0.2) is 75.7 Å². The third kappa shape index (κ3) is 6.32. The second kappa shape index (κ2) is 12.0. The summed E-state index contributed by atoms with van der Waals surface area (Å²) in [7, 11) is 1.68. The number of benzene rings is 2. The van der Waals surface area contributed by atoms with E-state index >= 15 is 0 Å². The van der Waals surface area contributed by atoms with Crippen LogP contribution in [-0.2, 0) is 9.59 Å². The van der Waals surface area contributed by atoms with Crippen LogP contribution in [0.5, 0.6) is 11.5 Å². The quantitative estimate of drug-likeness (QED) is 0.392. The first-order valence-electron chi connectivity index (χ1n) is 12.5. The average Bonchev–Trinajstić information content (AvgIpc) is 3.18. The normalized spacial score (nSPS) is 18.9. The third-order valence-electron chi connectivity index (χ3n) is 6.57. The van der Waals surface area contributed by atoms with E-state index in [9.17, 15) is 9.59 Å². The lowest BCUT2D eigenvalue weighted by Crippen LogP contribution is -2.47. The number of methoxy groups -OCH3 is 1. The number of carbonyl (C=O) groups excluding carboxylic acids is 2. The van der Waals surface area contributed by atoms with Crippen molar-refractivity contribution in [2.45, 2.75) is 32.2 Å². The van der Waals surface area contributed by atoms with Crippen LogP contribution in [0.3, 0.4) is 0 Å². The minimum absolute atomic E-state index is 0.163. The Morgan fingerprint density at radius 1 is 0.914 bits per heavy atom. The van der Waals surface area contributed by atoms with E-state index in [1.807, 2.05) is 19.1 Å². The van der Waals surface area contributed by atoms with E-state index in [0.717, 1.165) is 57.1 Å². The smallest absolute Gasteiger partial charge is 0.251 e. The van der Waals surface area contributed by atoms with Crippen molar-refractivity contribution in [3.8, 4) is 11.5 Å². The largest absolute Gasteiger partial charge is 0.497 e. The highest BCUT2D eigenvalue weighted by molar-refractivity contribution is 6.22. The molecule has 2 aromatic rings. The predicted molar refractivity (Wildman–Crippen MR) is 137 cm³/mol. The number of nitrogens with one attached hydrogen (secondary N) is 1. The van der Waals surface area contributed by atoms with Gasteiger partial charge in [-0.15, -0.1) is 0 Å². The number of nitrogens with zero attached hydrogens (tertiary/aromatic N) is 3. The highest BCUT2D eigenvalue weighted by Crippen LogP contribution is 2.25. The SMILES string of the molecule is CCCOc1ccc(N2C(=O)C[C@H](NCCCN3CCN(c4ccc(OC)cc4)CC3)C2=O)cc1. The summed E-state index contributed by atoms with van der Waals surface area (Å²) in [5.74, 6) is 1.28. The summed E-state index contributed by atoms with van der Waals surface area (Å²) in [6.07, 6.45) is 2.07. The van der Waals surface area contributed by atoms with Gasteiger partial charge in [0.2, 0.25) is 5.91 Å². The summed E-state index contributed by atoms with van der Waals surface area (Å²) in [5.41, 5.74) is 1.83. The van der Waals surface area contributed by atoms with Crippen LogP contribution in [0.1, 0.15) is 26.2 Å². The zero-order valence-electron chi connectivity index (χ0n) is 20.7. The minimum Gasteiger partial charge on any atom is -0.497 e. The van der Waals surface area contributed by atoms with Crippen LogP contribution in [0.4, 0.5) is 11.4 Å². The number of piperazine rings is 1. The van der Waals surface area contributed by atoms with Crippen molar-refractivity contribution < 1.29 is 19.1 Å². The second-order valence-electron chi connectivity index (χ2n) is 9.00. The molecular weight excluding hydrogens is 444 g/mol. The molecule has 2 saturated heterocycles. The molecule has 35 heavy (non-hydrogen) atoms. The maximum absolute atomic E-state index is 12.9. The molecule has 2 heterocycles.